The summed E-state index contributed by atoms with van der Waals surface area (Å²) in [5.74, 6) is -0.444. The minimum atomic E-state index is -3.90. The fourth-order valence-electron chi connectivity index (χ4n) is 3.80. The number of carbonyl (C=O) groups is 1. The Hall–Kier alpha value is -2.67. The van der Waals surface area contributed by atoms with Gasteiger partial charge < -0.3 is 14.8 Å². The first kappa shape index (κ1) is 26.9. The van der Waals surface area contributed by atoms with E-state index in [1.54, 1.807) is 12.1 Å². The lowest BCUT2D eigenvalue weighted by atomic mass is 10.0. The average molecular weight is 526 g/mol. The standard InChI is InChI=1S/C23H31N3O7S2/c1-17(2)19-7-5-6-8-20(19)26(34(4,28)29)16-23(27)24-18-9-10-21(32-3)22(15-18)35(30,31)25-11-13-33-14-12-25/h5-10,15,17H,11-14,16H2,1-4H3,(H,24,27). The number of nitrogens with one attached hydrogen (secondary N) is 1. The van der Waals surface area contributed by atoms with E-state index in [9.17, 15) is 21.6 Å². The molecule has 0 spiro atoms. The molecule has 1 aliphatic rings. The molecule has 12 heteroatoms. The van der Waals surface area contributed by atoms with Crippen molar-refractivity contribution in [1.29, 1.82) is 0 Å². The Balaban J connectivity index is 1.88. The lowest BCUT2D eigenvalue weighted by Crippen LogP contribution is -2.40. The molecule has 0 radical (unpaired) electrons. The highest BCUT2D eigenvalue weighted by molar-refractivity contribution is 7.92. The molecule has 1 N–H and O–H groups in total. The van der Waals surface area contributed by atoms with Crippen LogP contribution < -0.4 is 14.4 Å². The summed E-state index contributed by atoms with van der Waals surface area (Å²) in [5, 5.41) is 2.62. The third-order valence-corrected chi connectivity index (χ3v) is 8.60. The van der Waals surface area contributed by atoms with Crippen LogP contribution in [-0.2, 0) is 29.6 Å². The molecule has 0 unspecified atom stereocenters. The van der Waals surface area contributed by atoms with E-state index in [0.717, 1.165) is 16.1 Å². The van der Waals surface area contributed by atoms with Crippen LogP contribution >= 0.6 is 0 Å². The average Bonchev–Trinajstić information content (AvgIpc) is 2.82. The number of carbonyl (C=O) groups excluding carboxylic acids is 1. The fourth-order valence-corrected chi connectivity index (χ4v) is 6.26. The van der Waals surface area contributed by atoms with E-state index < -0.39 is 32.5 Å². The van der Waals surface area contributed by atoms with Crippen LogP contribution in [0.2, 0.25) is 0 Å². The first-order valence-electron chi connectivity index (χ1n) is 11.1. The number of rotatable bonds is 9. The minimum Gasteiger partial charge on any atom is -0.495 e. The maximum Gasteiger partial charge on any atom is 0.246 e. The summed E-state index contributed by atoms with van der Waals surface area (Å²) < 4.78 is 64.4. The van der Waals surface area contributed by atoms with E-state index in [1.807, 2.05) is 26.0 Å². The number of para-hydroxylation sites is 1. The molecule has 192 valence electrons. The molecule has 2 aromatic carbocycles. The van der Waals surface area contributed by atoms with Crippen molar-refractivity contribution in [3.63, 3.8) is 0 Å². The Labute approximate surface area is 206 Å². The second-order valence-electron chi connectivity index (χ2n) is 8.41. The number of ether oxygens (including phenoxy) is 2. The molecule has 10 nitrogen and oxygen atoms in total. The summed E-state index contributed by atoms with van der Waals surface area (Å²) in [6.45, 7) is 4.40. The molecule has 1 amide bonds. The molecular weight excluding hydrogens is 494 g/mol. The van der Waals surface area contributed by atoms with E-state index in [-0.39, 0.29) is 48.6 Å². The molecule has 35 heavy (non-hydrogen) atoms. The molecule has 3 rings (SSSR count). The van der Waals surface area contributed by atoms with Crippen LogP contribution in [0.15, 0.2) is 47.4 Å². The van der Waals surface area contributed by atoms with Crippen molar-refractivity contribution in [1.82, 2.24) is 4.31 Å². The number of sulfonamides is 2. The van der Waals surface area contributed by atoms with Crippen LogP contribution in [-0.4, -0.2) is 73.3 Å². The van der Waals surface area contributed by atoms with Gasteiger partial charge >= 0.3 is 0 Å². The molecule has 2 aromatic rings. The smallest absolute Gasteiger partial charge is 0.246 e. The van der Waals surface area contributed by atoms with E-state index in [4.69, 9.17) is 9.47 Å². The van der Waals surface area contributed by atoms with Gasteiger partial charge in [-0.1, -0.05) is 32.0 Å². The zero-order valence-corrected chi connectivity index (χ0v) is 21.9. The predicted octanol–water partition coefficient (Wildman–Crippen LogP) is 2.24. The third kappa shape index (κ3) is 6.31. The summed E-state index contributed by atoms with van der Waals surface area (Å²) in [4.78, 5) is 12.8. The quantitative estimate of drug-likeness (QED) is 0.533. The number of amides is 1. The van der Waals surface area contributed by atoms with Gasteiger partial charge in [0.25, 0.3) is 0 Å². The normalized spacial score (nSPS) is 15.1. The van der Waals surface area contributed by atoms with Crippen LogP contribution in [0, 0.1) is 0 Å². The minimum absolute atomic E-state index is 0.0352. The van der Waals surface area contributed by atoms with Crippen molar-refractivity contribution in [3.8, 4) is 5.75 Å². The van der Waals surface area contributed by atoms with Gasteiger partial charge in [-0.2, -0.15) is 4.31 Å². The Morgan fingerprint density at radius 3 is 2.37 bits per heavy atom. The van der Waals surface area contributed by atoms with Crippen LogP contribution in [0.4, 0.5) is 11.4 Å². The predicted molar refractivity (Wildman–Crippen MR) is 134 cm³/mol. The summed E-state index contributed by atoms with van der Waals surface area (Å²) in [6, 6.07) is 11.3. The number of nitrogens with zero attached hydrogens (tertiary/aromatic N) is 2. The maximum atomic E-state index is 13.2. The van der Waals surface area contributed by atoms with Crippen molar-refractivity contribution >= 4 is 37.3 Å². The first-order chi connectivity index (χ1) is 16.4. The number of morpholine rings is 1. The van der Waals surface area contributed by atoms with Crippen molar-refractivity contribution in [2.45, 2.75) is 24.7 Å². The van der Waals surface area contributed by atoms with Crippen molar-refractivity contribution in [3.05, 3.63) is 48.0 Å². The van der Waals surface area contributed by atoms with Crippen molar-refractivity contribution in [2.75, 3.05) is 55.8 Å². The number of hydrogen-bond donors (Lipinski definition) is 1. The summed E-state index contributed by atoms with van der Waals surface area (Å²) in [7, 11) is -6.31. The van der Waals surface area contributed by atoms with Gasteiger partial charge in [0, 0.05) is 18.8 Å². The van der Waals surface area contributed by atoms with Gasteiger partial charge in [-0.3, -0.25) is 9.10 Å². The summed E-state index contributed by atoms with van der Waals surface area (Å²) in [6.07, 6.45) is 1.04. The van der Waals surface area contributed by atoms with Gasteiger partial charge in [0.2, 0.25) is 26.0 Å². The molecule has 0 bridgehead atoms. The maximum absolute atomic E-state index is 13.2. The highest BCUT2D eigenvalue weighted by Crippen LogP contribution is 2.31. The molecule has 0 atom stereocenters. The van der Waals surface area contributed by atoms with E-state index in [1.165, 1.54) is 29.6 Å². The van der Waals surface area contributed by atoms with Gasteiger partial charge in [0.05, 0.1) is 32.3 Å². The molecule has 1 aliphatic heterocycles. The number of benzene rings is 2. The van der Waals surface area contributed by atoms with Crippen molar-refractivity contribution in [2.24, 2.45) is 0 Å². The van der Waals surface area contributed by atoms with Crippen LogP contribution in [0.1, 0.15) is 25.3 Å². The number of anilines is 2. The molecule has 0 saturated carbocycles. The SMILES string of the molecule is COc1ccc(NC(=O)CN(c2ccccc2C(C)C)S(C)(=O)=O)cc1S(=O)(=O)N1CCOCC1. The summed E-state index contributed by atoms with van der Waals surface area (Å²) >= 11 is 0. The van der Waals surface area contributed by atoms with Crippen molar-refractivity contribution < 1.29 is 31.1 Å². The van der Waals surface area contributed by atoms with Gasteiger partial charge in [0.15, 0.2) is 0 Å². The topological polar surface area (TPSA) is 122 Å². The molecule has 1 saturated heterocycles. The lowest BCUT2D eigenvalue weighted by molar-refractivity contribution is -0.114. The second-order valence-corrected chi connectivity index (χ2v) is 12.2. The molecular formula is C23H31N3O7S2. The van der Waals surface area contributed by atoms with E-state index in [0.29, 0.717) is 5.69 Å². The monoisotopic (exact) mass is 525 g/mol. The second kappa shape index (κ2) is 10.9. The van der Waals surface area contributed by atoms with Gasteiger partial charge in [-0.25, -0.2) is 16.8 Å². The largest absolute Gasteiger partial charge is 0.495 e. The Bertz CT molecular complexity index is 1270. The number of methoxy groups -OCH3 is 1. The summed E-state index contributed by atoms with van der Waals surface area (Å²) in [5.41, 5.74) is 1.41. The van der Waals surface area contributed by atoms with Crippen LogP contribution in [0.3, 0.4) is 0 Å². The Morgan fingerprint density at radius 2 is 1.77 bits per heavy atom. The zero-order valence-electron chi connectivity index (χ0n) is 20.2. The lowest BCUT2D eigenvalue weighted by Gasteiger charge is -2.27. The molecule has 1 heterocycles. The van der Waals surface area contributed by atoms with Gasteiger partial charge in [-0.05, 0) is 35.7 Å². The molecule has 1 fully saturated rings. The van der Waals surface area contributed by atoms with E-state index in [2.05, 4.69) is 5.32 Å². The Kier molecular flexibility index (Phi) is 8.42. The zero-order chi connectivity index (χ0) is 25.8. The highest BCUT2D eigenvalue weighted by Gasteiger charge is 2.30. The molecule has 0 aromatic heterocycles. The first-order valence-corrected chi connectivity index (χ1v) is 14.4. The third-order valence-electron chi connectivity index (χ3n) is 5.55. The van der Waals surface area contributed by atoms with Crippen LogP contribution in [0.5, 0.6) is 5.75 Å². The highest BCUT2D eigenvalue weighted by atomic mass is 32.2. The Morgan fingerprint density at radius 1 is 1.11 bits per heavy atom. The number of hydrogen-bond acceptors (Lipinski definition) is 7. The van der Waals surface area contributed by atoms with Gasteiger partial charge in [-0.15, -0.1) is 0 Å². The fraction of sp³-hybridized carbons (Fsp3) is 0.435. The van der Waals surface area contributed by atoms with E-state index >= 15 is 0 Å². The van der Waals surface area contributed by atoms with Gasteiger partial charge in [0.1, 0.15) is 17.2 Å². The van der Waals surface area contributed by atoms with Crippen LogP contribution in [0.25, 0.3) is 0 Å². The molecule has 0 aliphatic carbocycles.